The largest absolute Gasteiger partial charge is 0.322 e. The van der Waals surface area contributed by atoms with Crippen molar-refractivity contribution in [3.8, 4) is 0 Å². The molecule has 2 heteroatoms. The van der Waals surface area contributed by atoms with Gasteiger partial charge in [0.15, 0.2) is 0 Å². The topological polar surface area (TPSA) is 3.24 Å². The van der Waals surface area contributed by atoms with E-state index >= 15 is 0 Å². The number of hydrogen-bond acceptors (Lipinski definition) is 1. The first kappa shape index (κ1) is 11.4. The number of para-hydroxylation sites is 1. The molecule has 0 aliphatic carbocycles. The first-order chi connectivity index (χ1) is 8.62. The highest BCUT2D eigenvalue weighted by molar-refractivity contribution is 7.81. The molecule has 1 heterocycles. The van der Waals surface area contributed by atoms with Gasteiger partial charge in [0.25, 0.3) is 0 Å². The van der Waals surface area contributed by atoms with Crippen molar-refractivity contribution in [1.29, 1.82) is 0 Å². The van der Waals surface area contributed by atoms with Crippen LogP contribution < -0.4 is 4.90 Å². The lowest BCUT2D eigenvalue weighted by Crippen LogP contribution is -2.38. The van der Waals surface area contributed by atoms with Crippen LogP contribution in [-0.4, -0.2) is 4.99 Å². The maximum absolute atomic E-state index is 5.65. The van der Waals surface area contributed by atoms with E-state index in [9.17, 15) is 0 Å². The van der Waals surface area contributed by atoms with Crippen molar-refractivity contribution in [3.63, 3.8) is 0 Å². The van der Waals surface area contributed by atoms with Gasteiger partial charge in [0.2, 0.25) is 0 Å². The number of anilines is 1. The first-order valence-electron chi connectivity index (χ1n) is 6.11. The summed E-state index contributed by atoms with van der Waals surface area (Å²) >= 11 is 5.65. The molecule has 0 saturated carbocycles. The molecular formula is C16H15NS. The van der Waals surface area contributed by atoms with Crippen molar-refractivity contribution in [3.05, 3.63) is 65.7 Å². The summed E-state index contributed by atoms with van der Waals surface area (Å²) in [6, 6.07) is 18.8. The summed E-state index contributed by atoms with van der Waals surface area (Å²) in [7, 11) is 0. The van der Waals surface area contributed by atoms with Gasteiger partial charge in [-0.2, -0.15) is 0 Å². The van der Waals surface area contributed by atoms with E-state index in [0.29, 0.717) is 0 Å². The molecule has 0 atom stereocenters. The number of thiocarbonyl (C=S) groups is 1. The molecule has 1 aliphatic heterocycles. The molecule has 3 rings (SSSR count). The van der Waals surface area contributed by atoms with Crippen molar-refractivity contribution in [1.82, 2.24) is 0 Å². The van der Waals surface area contributed by atoms with Crippen molar-refractivity contribution in [2.45, 2.75) is 19.4 Å². The van der Waals surface area contributed by atoms with E-state index in [1.807, 2.05) is 6.07 Å². The van der Waals surface area contributed by atoms with Gasteiger partial charge in [-0.1, -0.05) is 54.7 Å². The van der Waals surface area contributed by atoms with E-state index in [4.69, 9.17) is 12.2 Å². The number of benzene rings is 2. The monoisotopic (exact) mass is 253 g/mol. The zero-order valence-corrected chi connectivity index (χ0v) is 11.4. The van der Waals surface area contributed by atoms with Gasteiger partial charge < -0.3 is 4.90 Å². The normalized spacial score (nSPS) is 16.8. The Morgan fingerprint density at radius 2 is 1.50 bits per heavy atom. The van der Waals surface area contributed by atoms with Crippen LogP contribution in [-0.2, 0) is 5.54 Å². The van der Waals surface area contributed by atoms with Crippen LogP contribution in [0.25, 0.3) is 0 Å². The molecule has 2 aromatic rings. The molecule has 90 valence electrons. The van der Waals surface area contributed by atoms with Crippen molar-refractivity contribution in [2.24, 2.45) is 0 Å². The van der Waals surface area contributed by atoms with Gasteiger partial charge in [-0.15, -0.1) is 0 Å². The van der Waals surface area contributed by atoms with Crippen LogP contribution in [0, 0.1) is 0 Å². The Hall–Kier alpha value is -1.67. The molecule has 0 aromatic heterocycles. The Morgan fingerprint density at radius 3 is 2.17 bits per heavy atom. The van der Waals surface area contributed by atoms with Crippen LogP contribution in [0.15, 0.2) is 54.6 Å². The second-order valence-corrected chi connectivity index (χ2v) is 5.47. The Kier molecular flexibility index (Phi) is 2.49. The Labute approximate surface area is 113 Å². The first-order valence-corrected chi connectivity index (χ1v) is 6.52. The van der Waals surface area contributed by atoms with Gasteiger partial charge in [-0.05, 0) is 31.5 Å². The average molecular weight is 253 g/mol. The van der Waals surface area contributed by atoms with Gasteiger partial charge >= 0.3 is 0 Å². The summed E-state index contributed by atoms with van der Waals surface area (Å²) in [6.07, 6.45) is 0. The van der Waals surface area contributed by atoms with E-state index in [-0.39, 0.29) is 5.54 Å². The molecule has 0 saturated heterocycles. The van der Waals surface area contributed by atoms with Crippen LogP contribution >= 0.6 is 12.2 Å². The standard InChI is InChI=1S/C16H15NS/c1-16(2)14-11-7-6-10-13(14)15(18)17(16)12-8-4-3-5-9-12/h3-11H,1-2H3. The highest BCUT2D eigenvalue weighted by atomic mass is 32.1. The zero-order chi connectivity index (χ0) is 12.8. The molecule has 1 nitrogen and oxygen atoms in total. The van der Waals surface area contributed by atoms with E-state index in [0.717, 1.165) is 10.7 Å². The summed E-state index contributed by atoms with van der Waals surface area (Å²) in [5, 5.41) is 0. The fourth-order valence-corrected chi connectivity index (χ4v) is 3.23. The maximum Gasteiger partial charge on any atom is 0.114 e. The summed E-state index contributed by atoms with van der Waals surface area (Å²) in [6.45, 7) is 4.44. The lowest BCUT2D eigenvalue weighted by atomic mass is 9.93. The minimum absolute atomic E-state index is 0.0883. The van der Waals surface area contributed by atoms with E-state index < -0.39 is 0 Å². The van der Waals surface area contributed by atoms with Crippen molar-refractivity contribution in [2.75, 3.05) is 4.90 Å². The Morgan fingerprint density at radius 1 is 0.889 bits per heavy atom. The van der Waals surface area contributed by atoms with Crippen LogP contribution in [0.2, 0.25) is 0 Å². The molecular weight excluding hydrogens is 238 g/mol. The predicted octanol–water partition coefficient (Wildman–Crippen LogP) is 4.12. The van der Waals surface area contributed by atoms with Gasteiger partial charge in [0.05, 0.1) is 5.54 Å². The molecule has 0 spiro atoms. The third-order valence-corrected chi connectivity index (χ3v) is 4.00. The summed E-state index contributed by atoms with van der Waals surface area (Å²) in [5.41, 5.74) is 3.55. The minimum Gasteiger partial charge on any atom is -0.322 e. The van der Waals surface area contributed by atoms with E-state index in [1.54, 1.807) is 0 Å². The molecule has 1 aliphatic rings. The quantitative estimate of drug-likeness (QED) is 0.703. The molecule has 0 amide bonds. The molecule has 0 N–H and O–H groups in total. The lowest BCUT2D eigenvalue weighted by Gasteiger charge is -2.34. The van der Waals surface area contributed by atoms with Gasteiger partial charge in [0, 0.05) is 11.3 Å². The third-order valence-electron chi connectivity index (χ3n) is 3.59. The highest BCUT2D eigenvalue weighted by Crippen LogP contribution is 2.41. The van der Waals surface area contributed by atoms with Crippen LogP contribution in [0.1, 0.15) is 25.0 Å². The van der Waals surface area contributed by atoms with Crippen LogP contribution in [0.5, 0.6) is 0 Å². The molecule has 2 aromatic carbocycles. The fourth-order valence-electron chi connectivity index (χ4n) is 2.71. The maximum atomic E-state index is 5.65. The summed E-state index contributed by atoms with van der Waals surface area (Å²) in [4.78, 5) is 3.16. The highest BCUT2D eigenvalue weighted by Gasteiger charge is 2.40. The number of rotatable bonds is 1. The van der Waals surface area contributed by atoms with Crippen LogP contribution in [0.4, 0.5) is 5.69 Å². The molecule has 0 radical (unpaired) electrons. The van der Waals surface area contributed by atoms with E-state index in [1.165, 1.54) is 11.1 Å². The van der Waals surface area contributed by atoms with Gasteiger partial charge in [0.1, 0.15) is 4.99 Å². The number of fused-ring (bicyclic) bond motifs is 1. The molecule has 0 bridgehead atoms. The van der Waals surface area contributed by atoms with Gasteiger partial charge in [-0.25, -0.2) is 0 Å². The predicted molar refractivity (Wildman–Crippen MR) is 80.1 cm³/mol. The second kappa shape index (κ2) is 3.92. The minimum atomic E-state index is -0.0883. The third kappa shape index (κ3) is 1.49. The molecule has 0 fully saturated rings. The Bertz CT molecular complexity index is 602. The van der Waals surface area contributed by atoms with Crippen LogP contribution in [0.3, 0.4) is 0 Å². The number of hydrogen-bond donors (Lipinski definition) is 0. The van der Waals surface area contributed by atoms with Gasteiger partial charge in [-0.3, -0.25) is 0 Å². The molecule has 0 unspecified atom stereocenters. The Balaban J connectivity index is 2.18. The second-order valence-electron chi connectivity index (χ2n) is 5.08. The zero-order valence-electron chi connectivity index (χ0n) is 10.6. The van der Waals surface area contributed by atoms with Crippen molar-refractivity contribution < 1.29 is 0 Å². The summed E-state index contributed by atoms with van der Waals surface area (Å²) < 4.78 is 0. The lowest BCUT2D eigenvalue weighted by molar-refractivity contribution is 0.566. The number of nitrogens with zero attached hydrogens (tertiary/aromatic N) is 1. The average Bonchev–Trinajstić information content (AvgIpc) is 2.59. The summed E-state index contributed by atoms with van der Waals surface area (Å²) in [5.74, 6) is 0. The SMILES string of the molecule is CC1(C)c2ccccc2C(=S)N1c1ccccc1. The molecule has 18 heavy (non-hydrogen) atoms. The van der Waals surface area contributed by atoms with Crippen molar-refractivity contribution >= 4 is 22.9 Å². The smallest absolute Gasteiger partial charge is 0.114 e. The fraction of sp³-hybridized carbons (Fsp3) is 0.188. The van der Waals surface area contributed by atoms with E-state index in [2.05, 4.69) is 67.3 Å².